The molecule has 7 heteroatoms. The summed E-state index contributed by atoms with van der Waals surface area (Å²) in [5.41, 5.74) is 0.695. The second-order valence-corrected chi connectivity index (χ2v) is 4.40. The summed E-state index contributed by atoms with van der Waals surface area (Å²) in [6.45, 7) is 16.2. The van der Waals surface area contributed by atoms with Crippen LogP contribution in [0.25, 0.3) is 0 Å². The third-order valence-corrected chi connectivity index (χ3v) is 2.07. The molecule has 0 bridgehead atoms. The van der Waals surface area contributed by atoms with Gasteiger partial charge in [-0.3, -0.25) is 0 Å². The first-order valence-electron chi connectivity index (χ1n) is 7.28. The highest BCUT2D eigenvalue weighted by Gasteiger charge is 2.03. The molecule has 0 atom stereocenters. The predicted molar refractivity (Wildman–Crippen MR) is 89.2 cm³/mol. The smallest absolute Gasteiger partial charge is 0.333 e. The average molecular weight is 342 g/mol. The van der Waals surface area contributed by atoms with Gasteiger partial charge in [0, 0.05) is 17.2 Å². The molecule has 7 nitrogen and oxygen atoms in total. The van der Waals surface area contributed by atoms with Crippen LogP contribution in [0.15, 0.2) is 37.0 Å². The van der Waals surface area contributed by atoms with E-state index in [9.17, 15) is 14.4 Å². The Morgan fingerprint density at radius 2 is 1.25 bits per heavy atom. The molecule has 0 N–H and O–H groups in total. The zero-order valence-electron chi connectivity index (χ0n) is 14.6. The zero-order valence-corrected chi connectivity index (χ0v) is 14.6. The number of esters is 3. The van der Waals surface area contributed by atoms with Crippen molar-refractivity contribution in [1.29, 1.82) is 0 Å². The van der Waals surface area contributed by atoms with Crippen LogP contribution in [0.2, 0.25) is 0 Å². The summed E-state index contributed by atoms with van der Waals surface area (Å²) >= 11 is 0. The molecule has 136 valence electrons. The Morgan fingerprint density at radius 3 is 1.50 bits per heavy atom. The second-order valence-electron chi connectivity index (χ2n) is 4.40. The molecule has 0 heterocycles. The lowest BCUT2D eigenvalue weighted by Crippen LogP contribution is -2.14. The lowest BCUT2D eigenvalue weighted by atomic mass is 10.4. The Morgan fingerprint density at radius 1 is 0.833 bits per heavy atom. The van der Waals surface area contributed by atoms with Gasteiger partial charge in [0.2, 0.25) is 0 Å². The van der Waals surface area contributed by atoms with Crippen molar-refractivity contribution in [2.75, 3.05) is 33.0 Å². The Hall–Kier alpha value is -2.41. The van der Waals surface area contributed by atoms with Gasteiger partial charge in [-0.2, -0.15) is 0 Å². The Kier molecular flexibility index (Phi) is 15.4. The number of carbonyl (C=O) groups is 3. The minimum atomic E-state index is -0.442. The van der Waals surface area contributed by atoms with Crippen LogP contribution in [-0.2, 0) is 33.3 Å². The van der Waals surface area contributed by atoms with Gasteiger partial charge in [0.1, 0.15) is 13.2 Å². The van der Waals surface area contributed by atoms with E-state index >= 15 is 0 Å². The van der Waals surface area contributed by atoms with Gasteiger partial charge in [0.25, 0.3) is 0 Å². The molecule has 0 aliphatic carbocycles. The molecule has 0 aromatic carbocycles. The van der Waals surface area contributed by atoms with Crippen molar-refractivity contribution in [3.8, 4) is 0 Å². The number of hydrogen-bond donors (Lipinski definition) is 0. The minimum Gasteiger partial charge on any atom is -0.463 e. The van der Waals surface area contributed by atoms with Crippen LogP contribution < -0.4 is 0 Å². The van der Waals surface area contributed by atoms with E-state index in [1.54, 1.807) is 20.8 Å². The first kappa shape index (κ1) is 23.9. The second kappa shape index (κ2) is 15.5. The standard InChI is InChI=1S/C12H18O5.C5H8O2/c1-9(2)11(13)16-7-5-15-6-8-17-12(14)10(3)4;1-3-5(6)7-4-2/h1,3,5-8H2,2,4H3;3H,1,4H2,2H3. The van der Waals surface area contributed by atoms with Crippen LogP contribution in [0.4, 0.5) is 0 Å². The van der Waals surface area contributed by atoms with E-state index in [0.717, 1.165) is 6.08 Å². The lowest BCUT2D eigenvalue weighted by molar-refractivity contribution is -0.142. The molecule has 0 rings (SSSR count). The zero-order chi connectivity index (χ0) is 19.0. The first-order valence-corrected chi connectivity index (χ1v) is 7.28. The lowest BCUT2D eigenvalue weighted by Gasteiger charge is -2.06. The van der Waals surface area contributed by atoms with Crippen molar-refractivity contribution in [3.05, 3.63) is 37.0 Å². The van der Waals surface area contributed by atoms with Crippen LogP contribution >= 0.6 is 0 Å². The van der Waals surface area contributed by atoms with Crippen LogP contribution in [0, 0.1) is 0 Å². The summed E-state index contributed by atoms with van der Waals surface area (Å²) in [6.07, 6.45) is 1.14. The van der Waals surface area contributed by atoms with Gasteiger partial charge in [0.15, 0.2) is 0 Å². The fraction of sp³-hybridized carbons (Fsp3) is 0.471. The van der Waals surface area contributed by atoms with E-state index in [2.05, 4.69) is 24.5 Å². The maximum atomic E-state index is 10.9. The topological polar surface area (TPSA) is 88.1 Å². The van der Waals surface area contributed by atoms with Crippen LogP contribution in [0.1, 0.15) is 20.8 Å². The molecule has 0 aliphatic heterocycles. The summed E-state index contributed by atoms with van der Waals surface area (Å²) in [6, 6.07) is 0. The Balaban J connectivity index is 0. The monoisotopic (exact) mass is 342 g/mol. The summed E-state index contributed by atoms with van der Waals surface area (Å²) in [4.78, 5) is 32.0. The van der Waals surface area contributed by atoms with E-state index in [4.69, 9.17) is 14.2 Å². The summed E-state index contributed by atoms with van der Waals surface area (Å²) in [5.74, 6) is -1.24. The van der Waals surface area contributed by atoms with E-state index < -0.39 is 11.9 Å². The Bertz CT molecular complexity index is 422. The molecular weight excluding hydrogens is 316 g/mol. The van der Waals surface area contributed by atoms with Gasteiger partial charge in [-0.15, -0.1) is 0 Å². The molecule has 0 radical (unpaired) electrons. The molecule has 0 saturated carbocycles. The molecule has 0 aromatic rings. The van der Waals surface area contributed by atoms with Gasteiger partial charge >= 0.3 is 17.9 Å². The van der Waals surface area contributed by atoms with E-state index in [1.807, 2.05) is 0 Å². The fourth-order valence-corrected chi connectivity index (χ4v) is 0.936. The molecule has 0 saturated heterocycles. The van der Waals surface area contributed by atoms with Gasteiger partial charge in [-0.05, 0) is 20.8 Å². The minimum absolute atomic E-state index is 0.153. The van der Waals surface area contributed by atoms with Crippen LogP contribution in [-0.4, -0.2) is 50.9 Å². The summed E-state index contributed by atoms with van der Waals surface area (Å²) < 4.78 is 19.1. The van der Waals surface area contributed by atoms with Crippen molar-refractivity contribution in [2.24, 2.45) is 0 Å². The third-order valence-electron chi connectivity index (χ3n) is 2.07. The van der Waals surface area contributed by atoms with Gasteiger partial charge < -0.3 is 18.9 Å². The number of rotatable bonds is 10. The van der Waals surface area contributed by atoms with Gasteiger partial charge in [0.05, 0.1) is 19.8 Å². The summed E-state index contributed by atoms with van der Waals surface area (Å²) in [5, 5.41) is 0. The normalized spacial score (nSPS) is 8.96. The third kappa shape index (κ3) is 16.0. The fourth-order valence-electron chi connectivity index (χ4n) is 0.936. The van der Waals surface area contributed by atoms with E-state index in [0.29, 0.717) is 17.8 Å². The van der Waals surface area contributed by atoms with E-state index in [1.165, 1.54) is 0 Å². The van der Waals surface area contributed by atoms with Crippen LogP contribution in [0.5, 0.6) is 0 Å². The number of hydrogen-bond acceptors (Lipinski definition) is 7. The molecule has 0 amide bonds. The van der Waals surface area contributed by atoms with Crippen molar-refractivity contribution in [2.45, 2.75) is 20.8 Å². The number of ether oxygens (including phenoxy) is 4. The Labute approximate surface area is 142 Å². The molecule has 0 fully saturated rings. The molecule has 0 unspecified atom stereocenters. The highest BCUT2D eigenvalue weighted by atomic mass is 16.6. The van der Waals surface area contributed by atoms with Gasteiger partial charge in [-0.25, -0.2) is 14.4 Å². The maximum absolute atomic E-state index is 10.9. The molecule has 24 heavy (non-hydrogen) atoms. The molecular formula is C17H26O7. The molecule has 0 aromatic heterocycles. The van der Waals surface area contributed by atoms with Crippen molar-refractivity contribution < 1.29 is 33.3 Å². The van der Waals surface area contributed by atoms with Crippen molar-refractivity contribution in [1.82, 2.24) is 0 Å². The quantitative estimate of drug-likeness (QED) is 0.259. The van der Waals surface area contributed by atoms with Crippen LogP contribution in [0.3, 0.4) is 0 Å². The van der Waals surface area contributed by atoms with Crippen molar-refractivity contribution in [3.63, 3.8) is 0 Å². The number of carbonyl (C=O) groups excluding carboxylic acids is 3. The average Bonchev–Trinajstić information content (AvgIpc) is 2.53. The first-order chi connectivity index (χ1) is 11.3. The highest BCUT2D eigenvalue weighted by molar-refractivity contribution is 5.87. The SMILES string of the molecule is C=C(C)C(=O)OCCOCCOC(=O)C(=C)C.C=CC(=O)OCC. The predicted octanol–water partition coefficient (Wildman–Crippen LogP) is 1.98. The summed E-state index contributed by atoms with van der Waals surface area (Å²) in [7, 11) is 0. The largest absolute Gasteiger partial charge is 0.463 e. The molecule has 0 spiro atoms. The maximum Gasteiger partial charge on any atom is 0.333 e. The highest BCUT2D eigenvalue weighted by Crippen LogP contribution is 1.93. The van der Waals surface area contributed by atoms with Gasteiger partial charge in [-0.1, -0.05) is 19.7 Å². The molecule has 0 aliphatic rings. The van der Waals surface area contributed by atoms with Crippen molar-refractivity contribution >= 4 is 17.9 Å². The van der Waals surface area contributed by atoms with E-state index in [-0.39, 0.29) is 32.4 Å².